The van der Waals surface area contributed by atoms with E-state index >= 15 is 0 Å². The summed E-state index contributed by atoms with van der Waals surface area (Å²) >= 11 is 0. The van der Waals surface area contributed by atoms with Crippen LogP contribution in [-0.2, 0) is 0 Å². The van der Waals surface area contributed by atoms with E-state index in [0.717, 1.165) is 12.1 Å². The van der Waals surface area contributed by atoms with Crippen molar-refractivity contribution in [3.63, 3.8) is 0 Å². The van der Waals surface area contributed by atoms with Gasteiger partial charge in [0, 0.05) is 29.4 Å². The smallest absolute Gasteiger partial charge is 0.253 e. The van der Waals surface area contributed by atoms with Crippen LogP contribution in [0.5, 0.6) is 0 Å². The highest BCUT2D eigenvalue weighted by atomic mass is 19.1. The second-order valence-electron chi connectivity index (χ2n) is 5.84. The molecule has 2 N–H and O–H groups in total. The van der Waals surface area contributed by atoms with Crippen molar-refractivity contribution in [3.05, 3.63) is 52.6 Å². The first-order valence-electron chi connectivity index (χ1n) is 7.63. The van der Waals surface area contributed by atoms with E-state index in [-0.39, 0.29) is 17.5 Å². The predicted molar refractivity (Wildman–Crippen MR) is 85.8 cm³/mol. The summed E-state index contributed by atoms with van der Waals surface area (Å²) in [5.41, 5.74) is 4.01. The van der Waals surface area contributed by atoms with Crippen molar-refractivity contribution in [2.24, 2.45) is 0 Å². The molecular weight excluding hydrogens is 295 g/mol. The molecule has 0 aromatic carbocycles. The first kappa shape index (κ1) is 15.4. The summed E-state index contributed by atoms with van der Waals surface area (Å²) in [6.45, 7) is 10.1. The summed E-state index contributed by atoms with van der Waals surface area (Å²) < 4.78 is 13.8. The van der Waals surface area contributed by atoms with E-state index < -0.39 is 5.95 Å². The van der Waals surface area contributed by atoms with Crippen LogP contribution in [0.2, 0.25) is 0 Å². The van der Waals surface area contributed by atoms with Crippen molar-refractivity contribution in [2.45, 2.75) is 33.1 Å². The highest BCUT2D eigenvalue weighted by Gasteiger charge is 2.27. The molecule has 0 unspecified atom stereocenters. The van der Waals surface area contributed by atoms with Gasteiger partial charge in [-0.05, 0) is 26.3 Å². The van der Waals surface area contributed by atoms with Crippen LogP contribution in [0.1, 0.15) is 58.1 Å². The van der Waals surface area contributed by atoms with Crippen molar-refractivity contribution >= 4 is 11.5 Å². The first-order valence-corrected chi connectivity index (χ1v) is 7.63. The molecule has 1 aliphatic heterocycles. The number of nitrogens with one attached hydrogen (secondary N) is 2. The van der Waals surface area contributed by atoms with Gasteiger partial charge in [0.1, 0.15) is 0 Å². The lowest BCUT2D eigenvalue weighted by Gasteiger charge is -2.21. The SMILES string of the molecule is C=C(c1cc2c([nH]1)[C@@H](CC)CNC2=O)c1nc(F)c(C)nc1C. The standard InChI is InChI=1S/C17H19FN4O/c1-5-11-7-19-17(23)12-6-13(21-15(11)12)8(2)14-9(3)20-10(4)16(18)22-14/h6,11,21H,2,5,7H2,1,3-4H3,(H,19,23)/t11-/m0/s1. The molecule has 3 heterocycles. The summed E-state index contributed by atoms with van der Waals surface area (Å²) in [6.07, 6.45) is 0.914. The molecule has 5 nitrogen and oxygen atoms in total. The van der Waals surface area contributed by atoms with E-state index in [1.165, 1.54) is 0 Å². The van der Waals surface area contributed by atoms with Crippen molar-refractivity contribution < 1.29 is 9.18 Å². The Kier molecular flexibility index (Phi) is 3.75. The van der Waals surface area contributed by atoms with Gasteiger partial charge < -0.3 is 10.3 Å². The molecule has 1 amide bonds. The maximum absolute atomic E-state index is 13.8. The minimum atomic E-state index is -0.604. The van der Waals surface area contributed by atoms with Gasteiger partial charge in [0.25, 0.3) is 5.91 Å². The second kappa shape index (κ2) is 5.61. The fraction of sp³-hybridized carbons (Fsp3) is 0.353. The molecule has 1 atom stereocenters. The molecule has 0 fully saturated rings. The summed E-state index contributed by atoms with van der Waals surface area (Å²) in [4.78, 5) is 23.4. The molecule has 0 saturated heterocycles. The number of H-pyrrole nitrogens is 1. The highest BCUT2D eigenvalue weighted by molar-refractivity contribution is 5.98. The third-order valence-corrected chi connectivity index (χ3v) is 4.30. The van der Waals surface area contributed by atoms with Crippen LogP contribution < -0.4 is 5.32 Å². The topological polar surface area (TPSA) is 70.7 Å². The number of aromatic nitrogens is 3. The number of halogens is 1. The molecule has 6 heteroatoms. The average Bonchev–Trinajstić information content (AvgIpc) is 2.97. The molecule has 0 bridgehead atoms. The van der Waals surface area contributed by atoms with E-state index in [1.807, 2.05) is 0 Å². The van der Waals surface area contributed by atoms with E-state index in [0.29, 0.717) is 34.8 Å². The molecule has 0 spiro atoms. The zero-order chi connectivity index (χ0) is 16.7. The Hall–Kier alpha value is -2.50. The minimum absolute atomic E-state index is 0.0992. The predicted octanol–water partition coefficient (Wildman–Crippen LogP) is 2.86. The number of carbonyl (C=O) groups excluding carboxylic acids is 1. The Labute approximate surface area is 134 Å². The summed E-state index contributed by atoms with van der Waals surface area (Å²) in [5, 5.41) is 2.88. The van der Waals surface area contributed by atoms with E-state index in [2.05, 4.69) is 33.8 Å². The van der Waals surface area contributed by atoms with Crippen LogP contribution >= 0.6 is 0 Å². The number of carbonyl (C=O) groups is 1. The molecule has 0 radical (unpaired) electrons. The van der Waals surface area contributed by atoms with Crippen molar-refractivity contribution in [3.8, 4) is 0 Å². The van der Waals surface area contributed by atoms with Crippen molar-refractivity contribution in [1.29, 1.82) is 0 Å². The molecular formula is C17H19FN4O. The number of amides is 1. The van der Waals surface area contributed by atoms with Gasteiger partial charge in [-0.25, -0.2) is 4.98 Å². The molecule has 120 valence electrons. The van der Waals surface area contributed by atoms with Gasteiger partial charge in [-0.2, -0.15) is 4.39 Å². The second-order valence-corrected chi connectivity index (χ2v) is 5.84. The molecule has 2 aromatic rings. The van der Waals surface area contributed by atoms with Gasteiger partial charge in [-0.1, -0.05) is 13.5 Å². The number of rotatable bonds is 3. The van der Waals surface area contributed by atoms with Gasteiger partial charge >= 0.3 is 0 Å². The van der Waals surface area contributed by atoms with Crippen LogP contribution in [0.3, 0.4) is 0 Å². The number of aryl methyl sites for hydroxylation is 2. The minimum Gasteiger partial charge on any atom is -0.357 e. The molecule has 0 aliphatic carbocycles. The Morgan fingerprint density at radius 3 is 2.83 bits per heavy atom. The van der Waals surface area contributed by atoms with Crippen LogP contribution in [0.4, 0.5) is 4.39 Å². The zero-order valence-electron chi connectivity index (χ0n) is 13.5. The van der Waals surface area contributed by atoms with Crippen LogP contribution in [0, 0.1) is 19.8 Å². The number of hydrogen-bond donors (Lipinski definition) is 2. The number of nitrogens with zero attached hydrogens (tertiary/aromatic N) is 2. The maximum atomic E-state index is 13.8. The zero-order valence-corrected chi connectivity index (χ0v) is 13.5. The lowest BCUT2D eigenvalue weighted by molar-refractivity contribution is 0.0939. The van der Waals surface area contributed by atoms with Gasteiger partial charge in [0.15, 0.2) is 0 Å². The third kappa shape index (κ3) is 2.54. The largest absolute Gasteiger partial charge is 0.357 e. The van der Waals surface area contributed by atoms with Gasteiger partial charge in [0.05, 0.1) is 22.6 Å². The Balaban J connectivity index is 2.05. The maximum Gasteiger partial charge on any atom is 0.253 e. The Bertz CT molecular complexity index is 809. The molecule has 3 rings (SSSR count). The average molecular weight is 314 g/mol. The fourth-order valence-corrected chi connectivity index (χ4v) is 2.93. The summed E-state index contributed by atoms with van der Waals surface area (Å²) in [5.74, 6) is -0.462. The molecule has 2 aromatic heterocycles. The lowest BCUT2D eigenvalue weighted by Crippen LogP contribution is -2.34. The molecule has 0 saturated carbocycles. The monoisotopic (exact) mass is 314 g/mol. The van der Waals surface area contributed by atoms with Gasteiger partial charge in [-0.3, -0.25) is 9.78 Å². The highest BCUT2D eigenvalue weighted by Crippen LogP contribution is 2.30. The van der Waals surface area contributed by atoms with Crippen LogP contribution in [0.25, 0.3) is 5.57 Å². The Morgan fingerprint density at radius 2 is 2.13 bits per heavy atom. The lowest BCUT2D eigenvalue weighted by atomic mass is 9.95. The van der Waals surface area contributed by atoms with Crippen LogP contribution in [-0.4, -0.2) is 27.4 Å². The number of aromatic amines is 1. The Morgan fingerprint density at radius 1 is 1.39 bits per heavy atom. The van der Waals surface area contributed by atoms with Crippen molar-refractivity contribution in [2.75, 3.05) is 6.54 Å². The van der Waals surface area contributed by atoms with Gasteiger partial charge in [-0.15, -0.1) is 0 Å². The van der Waals surface area contributed by atoms with Crippen molar-refractivity contribution in [1.82, 2.24) is 20.3 Å². The fourth-order valence-electron chi connectivity index (χ4n) is 2.93. The molecule has 23 heavy (non-hydrogen) atoms. The molecule has 1 aliphatic rings. The normalized spacial score (nSPS) is 16.9. The third-order valence-electron chi connectivity index (χ3n) is 4.30. The van der Waals surface area contributed by atoms with E-state index in [4.69, 9.17) is 0 Å². The van der Waals surface area contributed by atoms with E-state index in [1.54, 1.807) is 19.9 Å². The van der Waals surface area contributed by atoms with Gasteiger partial charge in [0.2, 0.25) is 5.95 Å². The quantitative estimate of drug-likeness (QED) is 0.915. The summed E-state index contributed by atoms with van der Waals surface area (Å²) in [6, 6.07) is 1.76. The summed E-state index contributed by atoms with van der Waals surface area (Å²) in [7, 11) is 0. The van der Waals surface area contributed by atoms with E-state index in [9.17, 15) is 9.18 Å². The number of fused-ring (bicyclic) bond motifs is 1. The first-order chi connectivity index (χ1) is 10.9. The van der Waals surface area contributed by atoms with Crippen LogP contribution in [0.15, 0.2) is 12.6 Å². The number of hydrogen-bond acceptors (Lipinski definition) is 3.